The lowest BCUT2D eigenvalue weighted by Crippen LogP contribution is -2.50. The highest BCUT2D eigenvalue weighted by Gasteiger charge is 2.52. The molecule has 1 aliphatic heterocycles. The third kappa shape index (κ3) is 4.70. The molecule has 1 spiro atoms. The molecule has 0 unspecified atom stereocenters. The normalized spacial score (nSPS) is 23.8. The van der Waals surface area contributed by atoms with Gasteiger partial charge in [0.05, 0.1) is 6.54 Å². The van der Waals surface area contributed by atoms with Crippen molar-refractivity contribution in [3.63, 3.8) is 0 Å². The molecule has 1 heterocycles. The van der Waals surface area contributed by atoms with Crippen LogP contribution in [0, 0.1) is 5.92 Å². The van der Waals surface area contributed by atoms with E-state index < -0.39 is 23.4 Å². The van der Waals surface area contributed by atoms with E-state index in [1.165, 1.54) is 11.9 Å². The lowest BCUT2D eigenvalue weighted by molar-refractivity contribution is -0.139. The molecule has 2 fully saturated rings. The number of carbonyl (C=O) groups excluding carboxylic acids is 4. The van der Waals surface area contributed by atoms with Gasteiger partial charge in [0.25, 0.3) is 5.91 Å². The molecule has 5 amide bonds. The van der Waals surface area contributed by atoms with E-state index in [0.29, 0.717) is 29.5 Å². The minimum atomic E-state index is -0.883. The van der Waals surface area contributed by atoms with Crippen molar-refractivity contribution in [1.82, 2.24) is 15.1 Å². The van der Waals surface area contributed by atoms with E-state index in [1.807, 2.05) is 0 Å². The molecule has 1 aliphatic carbocycles. The molecule has 29 heavy (non-hydrogen) atoms. The van der Waals surface area contributed by atoms with Crippen molar-refractivity contribution in [3.05, 3.63) is 29.3 Å². The lowest BCUT2D eigenvalue weighted by atomic mass is 9.77. The van der Waals surface area contributed by atoms with E-state index in [0.717, 1.165) is 17.7 Å². The van der Waals surface area contributed by atoms with Gasteiger partial charge in [-0.1, -0.05) is 24.6 Å². The number of amides is 5. The van der Waals surface area contributed by atoms with Gasteiger partial charge in [0.1, 0.15) is 12.1 Å². The first-order valence-electron chi connectivity index (χ1n) is 9.64. The number of likely N-dealkylation sites (N-methyl/N-ethyl adjacent to an activating group) is 1. The quantitative estimate of drug-likeness (QED) is 0.713. The zero-order valence-electron chi connectivity index (χ0n) is 16.5. The van der Waals surface area contributed by atoms with E-state index >= 15 is 0 Å². The van der Waals surface area contributed by atoms with Crippen LogP contribution in [0.1, 0.15) is 32.6 Å². The van der Waals surface area contributed by atoms with Crippen molar-refractivity contribution in [2.24, 2.45) is 5.92 Å². The van der Waals surface area contributed by atoms with Gasteiger partial charge in [-0.3, -0.25) is 19.3 Å². The van der Waals surface area contributed by atoms with Crippen molar-refractivity contribution in [1.29, 1.82) is 0 Å². The van der Waals surface area contributed by atoms with Crippen LogP contribution in [-0.2, 0) is 14.4 Å². The second-order valence-electron chi connectivity index (χ2n) is 7.89. The van der Waals surface area contributed by atoms with Gasteiger partial charge < -0.3 is 15.5 Å². The van der Waals surface area contributed by atoms with Gasteiger partial charge in [-0.2, -0.15) is 0 Å². The van der Waals surface area contributed by atoms with Crippen LogP contribution >= 0.6 is 11.6 Å². The summed E-state index contributed by atoms with van der Waals surface area (Å²) < 4.78 is 0. The fourth-order valence-electron chi connectivity index (χ4n) is 3.74. The molecule has 0 radical (unpaired) electrons. The molecule has 156 valence electrons. The third-order valence-electron chi connectivity index (χ3n) is 5.58. The smallest absolute Gasteiger partial charge is 0.325 e. The van der Waals surface area contributed by atoms with Gasteiger partial charge in [0, 0.05) is 17.8 Å². The fraction of sp³-hybridized carbons (Fsp3) is 0.500. The van der Waals surface area contributed by atoms with E-state index in [9.17, 15) is 19.2 Å². The Morgan fingerprint density at radius 3 is 2.66 bits per heavy atom. The summed E-state index contributed by atoms with van der Waals surface area (Å²) in [5, 5.41) is 5.92. The number of imide groups is 1. The van der Waals surface area contributed by atoms with Crippen molar-refractivity contribution in [2.75, 3.05) is 25.5 Å². The molecule has 3 rings (SSSR count). The van der Waals surface area contributed by atoms with E-state index in [-0.39, 0.29) is 19.0 Å². The first kappa shape index (κ1) is 21.1. The molecule has 1 aromatic carbocycles. The van der Waals surface area contributed by atoms with E-state index in [1.54, 1.807) is 24.3 Å². The van der Waals surface area contributed by atoms with Crippen LogP contribution in [-0.4, -0.2) is 59.2 Å². The topological polar surface area (TPSA) is 98.8 Å². The molecule has 0 aromatic heterocycles. The predicted molar refractivity (Wildman–Crippen MR) is 108 cm³/mol. The second-order valence-corrected chi connectivity index (χ2v) is 8.33. The number of carbonyl (C=O) groups is 4. The Morgan fingerprint density at radius 2 is 2.00 bits per heavy atom. The van der Waals surface area contributed by atoms with Crippen LogP contribution in [0.25, 0.3) is 0 Å². The summed E-state index contributed by atoms with van der Waals surface area (Å²) in [5.74, 6) is -0.723. The SMILES string of the molecule is CC1CCC2(CC1)NC(=O)N(CC(=O)N(C)CC(=O)Nc1cccc(Cl)c1)C2=O. The molecule has 9 heteroatoms. The van der Waals surface area contributed by atoms with Crippen LogP contribution in [0.2, 0.25) is 5.02 Å². The summed E-state index contributed by atoms with van der Waals surface area (Å²) in [4.78, 5) is 52.0. The first-order valence-corrected chi connectivity index (χ1v) is 10.0. The Labute approximate surface area is 174 Å². The van der Waals surface area contributed by atoms with Crippen LogP contribution in [0.3, 0.4) is 0 Å². The minimum Gasteiger partial charge on any atom is -0.335 e. The summed E-state index contributed by atoms with van der Waals surface area (Å²) in [7, 11) is 1.45. The monoisotopic (exact) mass is 420 g/mol. The minimum absolute atomic E-state index is 0.211. The molecular formula is C20H25ClN4O4. The zero-order valence-corrected chi connectivity index (χ0v) is 17.3. The third-order valence-corrected chi connectivity index (χ3v) is 5.82. The molecule has 2 aliphatic rings. The Kier molecular flexibility index (Phi) is 6.12. The Balaban J connectivity index is 1.55. The maximum atomic E-state index is 12.8. The number of nitrogens with one attached hydrogen (secondary N) is 2. The Bertz CT molecular complexity index is 836. The van der Waals surface area contributed by atoms with E-state index in [4.69, 9.17) is 11.6 Å². The summed E-state index contributed by atoms with van der Waals surface area (Å²) in [6.45, 7) is 1.53. The lowest BCUT2D eigenvalue weighted by Gasteiger charge is -2.33. The average molecular weight is 421 g/mol. The predicted octanol–water partition coefficient (Wildman–Crippen LogP) is 2.24. The molecule has 1 saturated heterocycles. The number of benzene rings is 1. The second kappa shape index (κ2) is 8.41. The van der Waals surface area contributed by atoms with Crippen molar-refractivity contribution in [3.8, 4) is 0 Å². The standard InChI is InChI=1S/C20H25ClN4O4/c1-13-6-8-20(9-7-13)18(28)25(19(29)23-20)12-17(27)24(2)11-16(26)22-15-5-3-4-14(21)10-15/h3-5,10,13H,6-9,11-12H2,1-2H3,(H,22,26)(H,23,29). The van der Waals surface area contributed by atoms with Crippen molar-refractivity contribution < 1.29 is 19.2 Å². The van der Waals surface area contributed by atoms with Gasteiger partial charge in [0.15, 0.2) is 0 Å². The molecule has 8 nitrogen and oxygen atoms in total. The Morgan fingerprint density at radius 1 is 1.31 bits per heavy atom. The maximum absolute atomic E-state index is 12.8. The number of hydrogen-bond acceptors (Lipinski definition) is 4. The summed E-state index contributed by atoms with van der Waals surface area (Å²) in [6, 6.07) is 6.12. The fourth-order valence-corrected chi connectivity index (χ4v) is 3.93. The van der Waals surface area contributed by atoms with E-state index in [2.05, 4.69) is 17.6 Å². The highest BCUT2D eigenvalue weighted by Crippen LogP contribution is 2.36. The van der Waals surface area contributed by atoms with Gasteiger partial charge in [0.2, 0.25) is 11.8 Å². The molecule has 1 aromatic rings. The molecule has 0 bridgehead atoms. The highest BCUT2D eigenvalue weighted by molar-refractivity contribution is 6.30. The number of anilines is 1. The summed E-state index contributed by atoms with van der Waals surface area (Å²) in [6.07, 6.45) is 2.89. The molecule has 2 N–H and O–H groups in total. The van der Waals surface area contributed by atoms with Gasteiger partial charge in [-0.25, -0.2) is 4.79 Å². The number of urea groups is 1. The molecule has 1 saturated carbocycles. The zero-order chi connectivity index (χ0) is 21.2. The average Bonchev–Trinajstić information content (AvgIpc) is 2.88. The molecule has 0 atom stereocenters. The van der Waals surface area contributed by atoms with Gasteiger partial charge in [-0.15, -0.1) is 0 Å². The van der Waals surface area contributed by atoms with Gasteiger partial charge >= 0.3 is 6.03 Å². The number of rotatable bonds is 5. The first-order chi connectivity index (χ1) is 13.7. The number of hydrogen-bond donors (Lipinski definition) is 2. The summed E-state index contributed by atoms with van der Waals surface area (Å²) in [5.41, 5.74) is -0.363. The molecular weight excluding hydrogens is 396 g/mol. The van der Waals surface area contributed by atoms with Crippen molar-refractivity contribution >= 4 is 41.0 Å². The number of nitrogens with zero attached hydrogens (tertiary/aromatic N) is 2. The van der Waals surface area contributed by atoms with Crippen molar-refractivity contribution in [2.45, 2.75) is 38.1 Å². The van der Waals surface area contributed by atoms with Crippen LogP contribution in [0.15, 0.2) is 24.3 Å². The van der Waals surface area contributed by atoms with Crippen LogP contribution in [0.4, 0.5) is 10.5 Å². The highest BCUT2D eigenvalue weighted by atomic mass is 35.5. The largest absolute Gasteiger partial charge is 0.335 e. The Hall–Kier alpha value is -2.61. The van der Waals surface area contributed by atoms with Gasteiger partial charge in [-0.05, 0) is 49.8 Å². The van der Waals surface area contributed by atoms with Crippen LogP contribution < -0.4 is 10.6 Å². The number of halogens is 1. The summed E-state index contributed by atoms with van der Waals surface area (Å²) >= 11 is 5.89. The maximum Gasteiger partial charge on any atom is 0.325 e. The van der Waals surface area contributed by atoms with Crippen LogP contribution in [0.5, 0.6) is 0 Å².